The van der Waals surface area contributed by atoms with Crippen LogP contribution in [0.25, 0.3) is 5.65 Å². The van der Waals surface area contributed by atoms with Crippen molar-refractivity contribution in [2.45, 2.75) is 18.9 Å². The fourth-order valence-corrected chi connectivity index (χ4v) is 3.14. The first kappa shape index (κ1) is 21.1. The lowest BCUT2D eigenvalue weighted by atomic mass is 10.2. The summed E-state index contributed by atoms with van der Waals surface area (Å²) in [5, 5.41) is 35.8. The molecule has 1 fully saturated rings. The maximum Gasteiger partial charge on any atom is 0.178 e. The molecule has 4 rings (SSSR count). The predicted octanol–water partition coefficient (Wildman–Crippen LogP) is 2.96. The Kier molecular flexibility index (Phi) is 6.14. The number of nitriles is 1. The average Bonchev–Trinajstić information content (AvgIpc) is 3.52. The van der Waals surface area contributed by atoms with Gasteiger partial charge in [-0.25, -0.2) is 4.98 Å². The molecular formula is C21H23N9O2. The van der Waals surface area contributed by atoms with Gasteiger partial charge in [0.2, 0.25) is 0 Å². The van der Waals surface area contributed by atoms with Gasteiger partial charge in [0.1, 0.15) is 18.4 Å². The Labute approximate surface area is 184 Å². The van der Waals surface area contributed by atoms with Crippen LogP contribution < -0.4 is 20.3 Å². The zero-order valence-electron chi connectivity index (χ0n) is 17.5. The second-order valence-electron chi connectivity index (χ2n) is 7.17. The van der Waals surface area contributed by atoms with Crippen LogP contribution in [0.4, 0.5) is 22.9 Å². The summed E-state index contributed by atoms with van der Waals surface area (Å²) in [5.41, 5.74) is 2.93. The number of hydrogen-bond donors (Lipinski definition) is 4. The number of benzene rings is 1. The van der Waals surface area contributed by atoms with Crippen molar-refractivity contribution in [3.05, 3.63) is 36.2 Å². The molecule has 0 atom stereocenters. The third-order valence-corrected chi connectivity index (χ3v) is 4.85. The molecule has 0 unspecified atom stereocenters. The molecule has 0 aliphatic heterocycles. The van der Waals surface area contributed by atoms with E-state index in [1.165, 1.54) is 15.6 Å². The second-order valence-corrected chi connectivity index (χ2v) is 7.17. The number of fused-ring (bicyclic) bond motifs is 1. The summed E-state index contributed by atoms with van der Waals surface area (Å²) in [6, 6.07) is 9.70. The number of rotatable bonds is 11. The first-order chi connectivity index (χ1) is 15.7. The third kappa shape index (κ3) is 4.45. The van der Waals surface area contributed by atoms with Crippen LogP contribution >= 0.6 is 0 Å². The minimum absolute atomic E-state index is 0.337. The van der Waals surface area contributed by atoms with Crippen molar-refractivity contribution in [2.24, 2.45) is 0 Å². The lowest BCUT2D eigenvalue weighted by molar-refractivity contribution is 0.146. The molecule has 32 heavy (non-hydrogen) atoms. The maximum atomic E-state index is 9.40. The maximum absolute atomic E-state index is 9.40. The van der Waals surface area contributed by atoms with Gasteiger partial charge in [-0.1, -0.05) is 0 Å². The van der Waals surface area contributed by atoms with Gasteiger partial charge < -0.3 is 20.1 Å². The van der Waals surface area contributed by atoms with Crippen LogP contribution in [-0.2, 0) is 4.74 Å². The zero-order valence-corrected chi connectivity index (χ0v) is 17.5. The van der Waals surface area contributed by atoms with E-state index < -0.39 is 0 Å². The van der Waals surface area contributed by atoms with Crippen LogP contribution in [0.15, 0.2) is 30.5 Å². The van der Waals surface area contributed by atoms with Crippen LogP contribution in [0, 0.1) is 22.1 Å². The SMILES string of the molecule is COCCOc1ccc(Nc2cc(NC3CC3)c3ncc(C#N)n3n2)cc1N(C=N)C=N. The lowest BCUT2D eigenvalue weighted by Gasteiger charge is -2.19. The van der Waals surface area contributed by atoms with Gasteiger partial charge in [0, 0.05) is 24.9 Å². The van der Waals surface area contributed by atoms with E-state index >= 15 is 0 Å². The summed E-state index contributed by atoms with van der Waals surface area (Å²) in [7, 11) is 1.59. The predicted molar refractivity (Wildman–Crippen MR) is 121 cm³/mol. The molecule has 3 aromatic rings. The summed E-state index contributed by atoms with van der Waals surface area (Å²) >= 11 is 0. The molecule has 0 amide bonds. The number of aromatic nitrogens is 3. The Balaban J connectivity index is 1.68. The molecular weight excluding hydrogens is 410 g/mol. The highest BCUT2D eigenvalue weighted by atomic mass is 16.5. The van der Waals surface area contributed by atoms with E-state index in [2.05, 4.69) is 26.8 Å². The Morgan fingerprint density at radius 2 is 2.09 bits per heavy atom. The molecule has 0 spiro atoms. The Bertz CT molecular complexity index is 1170. The minimum atomic E-state index is 0.337. The molecule has 0 bridgehead atoms. The van der Waals surface area contributed by atoms with Gasteiger partial charge in [0.15, 0.2) is 17.2 Å². The van der Waals surface area contributed by atoms with Gasteiger partial charge in [-0.3, -0.25) is 15.7 Å². The van der Waals surface area contributed by atoms with Crippen molar-refractivity contribution in [1.29, 1.82) is 16.1 Å². The Morgan fingerprint density at radius 3 is 2.78 bits per heavy atom. The molecule has 2 heterocycles. The first-order valence-corrected chi connectivity index (χ1v) is 10.0. The summed E-state index contributed by atoms with van der Waals surface area (Å²) in [5.74, 6) is 1.03. The molecule has 11 heteroatoms. The van der Waals surface area contributed by atoms with Gasteiger partial charge >= 0.3 is 0 Å². The molecule has 11 nitrogen and oxygen atoms in total. The monoisotopic (exact) mass is 433 g/mol. The highest BCUT2D eigenvalue weighted by Gasteiger charge is 2.23. The summed E-state index contributed by atoms with van der Waals surface area (Å²) < 4.78 is 12.3. The van der Waals surface area contributed by atoms with Crippen LogP contribution in [0.2, 0.25) is 0 Å². The standard InChI is InChI=1S/C21H23N9O2/c1-31-6-7-32-19-5-4-15(8-18(19)29(12-23)13-24)27-20-9-17(26-14-2-3-14)21-25-11-16(10-22)30(21)28-20/h4-5,8-9,11-14,23-24,26H,2-3,6-7H2,1H3,(H,27,28). The van der Waals surface area contributed by atoms with Crippen molar-refractivity contribution in [1.82, 2.24) is 14.6 Å². The molecule has 0 saturated heterocycles. The molecule has 1 aromatic carbocycles. The van der Waals surface area contributed by atoms with E-state index in [1.54, 1.807) is 19.2 Å². The van der Waals surface area contributed by atoms with E-state index in [9.17, 15) is 5.26 Å². The number of ether oxygens (including phenoxy) is 2. The van der Waals surface area contributed by atoms with Crippen molar-refractivity contribution < 1.29 is 9.47 Å². The van der Waals surface area contributed by atoms with Crippen LogP contribution in [0.5, 0.6) is 5.75 Å². The van der Waals surface area contributed by atoms with Crippen molar-refractivity contribution >= 4 is 41.2 Å². The van der Waals surface area contributed by atoms with E-state index in [4.69, 9.17) is 20.3 Å². The van der Waals surface area contributed by atoms with Gasteiger partial charge in [-0.15, -0.1) is 5.10 Å². The fourth-order valence-electron chi connectivity index (χ4n) is 3.14. The lowest BCUT2D eigenvalue weighted by Crippen LogP contribution is -2.19. The molecule has 4 N–H and O–H groups in total. The normalized spacial score (nSPS) is 12.8. The fraction of sp³-hybridized carbons (Fsp3) is 0.286. The summed E-state index contributed by atoms with van der Waals surface area (Å²) in [6.07, 6.45) is 5.75. The molecule has 1 saturated carbocycles. The number of imidazole rings is 1. The molecule has 0 radical (unpaired) electrons. The third-order valence-electron chi connectivity index (χ3n) is 4.85. The smallest absolute Gasteiger partial charge is 0.178 e. The molecule has 164 valence electrons. The van der Waals surface area contributed by atoms with Crippen LogP contribution in [0.1, 0.15) is 18.5 Å². The van der Waals surface area contributed by atoms with Crippen molar-refractivity contribution in [3.63, 3.8) is 0 Å². The molecule has 1 aliphatic carbocycles. The van der Waals surface area contributed by atoms with Gasteiger partial charge in [-0.05, 0) is 31.0 Å². The Hall–Kier alpha value is -4.17. The number of methoxy groups -OCH3 is 1. The number of anilines is 4. The zero-order chi connectivity index (χ0) is 22.5. The van der Waals surface area contributed by atoms with E-state index in [-0.39, 0.29) is 0 Å². The van der Waals surface area contributed by atoms with Gasteiger partial charge in [0.25, 0.3) is 0 Å². The summed E-state index contributed by atoms with van der Waals surface area (Å²) in [4.78, 5) is 5.66. The average molecular weight is 433 g/mol. The van der Waals surface area contributed by atoms with Crippen molar-refractivity contribution in [2.75, 3.05) is 35.9 Å². The highest BCUT2D eigenvalue weighted by Crippen LogP contribution is 2.33. The van der Waals surface area contributed by atoms with E-state index in [1.807, 2.05) is 12.1 Å². The van der Waals surface area contributed by atoms with Gasteiger partial charge in [-0.2, -0.15) is 9.78 Å². The molecule has 2 aromatic heterocycles. The largest absolute Gasteiger partial charge is 0.489 e. The van der Waals surface area contributed by atoms with Crippen LogP contribution in [-0.4, -0.2) is 53.6 Å². The minimum Gasteiger partial charge on any atom is -0.489 e. The van der Waals surface area contributed by atoms with E-state index in [0.717, 1.165) is 31.2 Å². The van der Waals surface area contributed by atoms with E-state index in [0.29, 0.717) is 53.5 Å². The topological polar surface area (TPSA) is 147 Å². The first-order valence-electron chi connectivity index (χ1n) is 10.0. The number of nitrogens with zero attached hydrogens (tertiary/aromatic N) is 5. The van der Waals surface area contributed by atoms with Crippen LogP contribution in [0.3, 0.4) is 0 Å². The molecule has 1 aliphatic rings. The van der Waals surface area contributed by atoms with Gasteiger partial charge in [0.05, 0.1) is 36.9 Å². The highest BCUT2D eigenvalue weighted by molar-refractivity contribution is 6.00. The van der Waals surface area contributed by atoms with Crippen molar-refractivity contribution in [3.8, 4) is 11.8 Å². The number of hydrogen-bond acceptors (Lipinski definition) is 9. The Morgan fingerprint density at radius 1 is 1.28 bits per heavy atom. The second kappa shape index (κ2) is 9.32. The summed E-state index contributed by atoms with van der Waals surface area (Å²) in [6.45, 7) is 0.757. The quantitative estimate of drug-likeness (QED) is 0.205. The number of nitrogens with one attached hydrogen (secondary N) is 4.